The summed E-state index contributed by atoms with van der Waals surface area (Å²) in [5.41, 5.74) is 1.55. The number of thiazole rings is 1. The van der Waals surface area contributed by atoms with Crippen LogP contribution in [0, 0.1) is 5.41 Å². The first-order valence-electron chi connectivity index (χ1n) is 6.77. The lowest BCUT2D eigenvalue weighted by Gasteiger charge is -2.26. The number of rotatable bonds is 6. The highest BCUT2D eigenvalue weighted by Gasteiger charge is 2.18. The number of nitrogens with one attached hydrogen (secondary N) is 1. The Labute approximate surface area is 116 Å². The summed E-state index contributed by atoms with van der Waals surface area (Å²) in [6.45, 7) is 14.1. The molecule has 0 unspecified atom stereocenters. The van der Waals surface area contributed by atoms with Crippen LogP contribution in [-0.2, 0) is 13.0 Å². The van der Waals surface area contributed by atoms with Gasteiger partial charge in [0.05, 0.1) is 5.69 Å². The lowest BCUT2D eigenvalue weighted by atomic mass is 9.96. The molecule has 0 saturated heterocycles. The third kappa shape index (κ3) is 4.58. The van der Waals surface area contributed by atoms with Gasteiger partial charge in [-0.2, -0.15) is 0 Å². The summed E-state index contributed by atoms with van der Waals surface area (Å²) < 4.78 is 0. The van der Waals surface area contributed by atoms with Crippen molar-refractivity contribution in [3.63, 3.8) is 0 Å². The van der Waals surface area contributed by atoms with Gasteiger partial charge in [0, 0.05) is 25.0 Å². The molecule has 0 radical (unpaired) electrons. The van der Waals surface area contributed by atoms with Gasteiger partial charge < -0.3 is 10.2 Å². The monoisotopic (exact) mass is 269 g/mol. The third-order valence-electron chi connectivity index (χ3n) is 2.68. The highest BCUT2D eigenvalue weighted by molar-refractivity contribution is 7.15. The molecule has 4 heteroatoms. The molecule has 0 aromatic carbocycles. The first kappa shape index (κ1) is 15.4. The van der Waals surface area contributed by atoms with Crippen LogP contribution in [0.5, 0.6) is 0 Å². The Morgan fingerprint density at radius 2 is 1.94 bits per heavy atom. The summed E-state index contributed by atoms with van der Waals surface area (Å²) in [6.07, 6.45) is 1.01. The molecule has 0 amide bonds. The predicted octanol–water partition coefficient (Wildman–Crippen LogP) is 3.30. The van der Waals surface area contributed by atoms with Crippen molar-refractivity contribution in [2.75, 3.05) is 25.0 Å². The summed E-state index contributed by atoms with van der Waals surface area (Å²) in [7, 11) is 2.14. The van der Waals surface area contributed by atoms with Crippen molar-refractivity contribution >= 4 is 16.5 Å². The largest absolute Gasteiger partial charge is 0.351 e. The fraction of sp³-hybridized carbons (Fsp3) is 0.786. The van der Waals surface area contributed by atoms with E-state index in [0.717, 1.165) is 31.2 Å². The highest BCUT2D eigenvalue weighted by Crippen LogP contribution is 2.28. The van der Waals surface area contributed by atoms with Crippen molar-refractivity contribution in [2.24, 2.45) is 5.41 Å². The Kier molecular flexibility index (Phi) is 5.60. The van der Waals surface area contributed by atoms with E-state index in [1.807, 2.05) is 11.3 Å². The van der Waals surface area contributed by atoms with Crippen molar-refractivity contribution in [3.05, 3.63) is 10.6 Å². The molecule has 0 saturated carbocycles. The van der Waals surface area contributed by atoms with E-state index < -0.39 is 0 Å². The van der Waals surface area contributed by atoms with Gasteiger partial charge in [-0.25, -0.2) is 4.98 Å². The van der Waals surface area contributed by atoms with E-state index in [4.69, 9.17) is 4.98 Å². The number of anilines is 1. The van der Waals surface area contributed by atoms with Crippen LogP contribution in [0.25, 0.3) is 0 Å². The van der Waals surface area contributed by atoms with Gasteiger partial charge in [0.2, 0.25) is 0 Å². The molecular weight excluding hydrogens is 242 g/mol. The Morgan fingerprint density at radius 1 is 1.28 bits per heavy atom. The number of aromatic nitrogens is 1. The SMILES string of the molecule is CCNCc1sc(N(C)CC(C)(C)C)nc1CC. The van der Waals surface area contributed by atoms with Crippen molar-refractivity contribution in [3.8, 4) is 0 Å². The predicted molar refractivity (Wildman–Crippen MR) is 81.6 cm³/mol. The van der Waals surface area contributed by atoms with Gasteiger partial charge in [-0.1, -0.05) is 34.6 Å². The molecule has 0 bridgehead atoms. The Balaban J connectivity index is 2.80. The summed E-state index contributed by atoms with van der Waals surface area (Å²) in [5, 5.41) is 4.54. The molecule has 0 aliphatic carbocycles. The van der Waals surface area contributed by atoms with Crippen molar-refractivity contribution in [2.45, 2.75) is 47.6 Å². The quantitative estimate of drug-likeness (QED) is 0.859. The molecular formula is C14H27N3S. The lowest BCUT2D eigenvalue weighted by Crippen LogP contribution is -2.28. The average Bonchev–Trinajstić information content (AvgIpc) is 2.67. The van der Waals surface area contributed by atoms with E-state index in [1.165, 1.54) is 10.6 Å². The molecule has 0 aliphatic heterocycles. The molecule has 0 atom stereocenters. The van der Waals surface area contributed by atoms with Crippen LogP contribution in [-0.4, -0.2) is 25.1 Å². The summed E-state index contributed by atoms with van der Waals surface area (Å²) in [6, 6.07) is 0. The van der Waals surface area contributed by atoms with Gasteiger partial charge in [0.1, 0.15) is 0 Å². The molecule has 0 aliphatic rings. The van der Waals surface area contributed by atoms with E-state index in [2.05, 4.69) is 51.9 Å². The summed E-state index contributed by atoms with van der Waals surface area (Å²) >= 11 is 1.83. The zero-order valence-corrected chi connectivity index (χ0v) is 13.4. The molecule has 0 fully saturated rings. The third-order valence-corrected chi connectivity index (χ3v) is 3.89. The first-order valence-corrected chi connectivity index (χ1v) is 7.59. The molecule has 1 rings (SSSR count). The number of hydrogen-bond acceptors (Lipinski definition) is 4. The van der Waals surface area contributed by atoms with Gasteiger partial charge in [0.25, 0.3) is 0 Å². The van der Waals surface area contributed by atoms with Crippen molar-refractivity contribution in [1.82, 2.24) is 10.3 Å². The minimum Gasteiger partial charge on any atom is -0.351 e. The molecule has 104 valence electrons. The highest BCUT2D eigenvalue weighted by atomic mass is 32.1. The maximum absolute atomic E-state index is 4.77. The Hall–Kier alpha value is -0.610. The Bertz CT molecular complexity index is 366. The van der Waals surface area contributed by atoms with Crippen LogP contribution in [0.4, 0.5) is 5.13 Å². The van der Waals surface area contributed by atoms with Gasteiger partial charge in [0.15, 0.2) is 5.13 Å². The number of nitrogens with zero attached hydrogens (tertiary/aromatic N) is 2. The topological polar surface area (TPSA) is 28.2 Å². The summed E-state index contributed by atoms with van der Waals surface area (Å²) in [5.74, 6) is 0. The van der Waals surface area contributed by atoms with Gasteiger partial charge in [-0.3, -0.25) is 0 Å². The second-order valence-corrected chi connectivity index (χ2v) is 6.98. The van der Waals surface area contributed by atoms with Crippen LogP contribution in [0.3, 0.4) is 0 Å². The standard InChI is InChI=1S/C14H27N3S/c1-7-11-12(9-15-8-2)18-13(16-11)17(6)10-14(3,4)5/h15H,7-10H2,1-6H3. The van der Waals surface area contributed by atoms with Crippen LogP contribution in [0.15, 0.2) is 0 Å². The van der Waals surface area contributed by atoms with E-state index in [9.17, 15) is 0 Å². The molecule has 1 aromatic rings. The molecule has 1 aromatic heterocycles. The normalized spacial score (nSPS) is 11.9. The fourth-order valence-electron chi connectivity index (χ4n) is 1.97. The molecule has 1 heterocycles. The molecule has 1 N–H and O–H groups in total. The van der Waals surface area contributed by atoms with Gasteiger partial charge in [-0.15, -0.1) is 11.3 Å². The summed E-state index contributed by atoms with van der Waals surface area (Å²) in [4.78, 5) is 8.43. The smallest absolute Gasteiger partial charge is 0.185 e. The minimum absolute atomic E-state index is 0.300. The van der Waals surface area contributed by atoms with Crippen LogP contribution >= 0.6 is 11.3 Å². The number of aryl methyl sites for hydroxylation is 1. The second kappa shape index (κ2) is 6.53. The zero-order valence-electron chi connectivity index (χ0n) is 12.6. The lowest BCUT2D eigenvalue weighted by molar-refractivity contribution is 0.418. The maximum Gasteiger partial charge on any atom is 0.185 e. The van der Waals surface area contributed by atoms with Crippen molar-refractivity contribution < 1.29 is 0 Å². The average molecular weight is 269 g/mol. The minimum atomic E-state index is 0.300. The van der Waals surface area contributed by atoms with Crippen LogP contribution < -0.4 is 10.2 Å². The zero-order chi connectivity index (χ0) is 13.8. The van der Waals surface area contributed by atoms with Crippen LogP contribution in [0.2, 0.25) is 0 Å². The maximum atomic E-state index is 4.77. The van der Waals surface area contributed by atoms with E-state index >= 15 is 0 Å². The van der Waals surface area contributed by atoms with Crippen molar-refractivity contribution in [1.29, 1.82) is 0 Å². The van der Waals surface area contributed by atoms with E-state index in [0.29, 0.717) is 5.41 Å². The van der Waals surface area contributed by atoms with E-state index in [-0.39, 0.29) is 0 Å². The van der Waals surface area contributed by atoms with Gasteiger partial charge >= 0.3 is 0 Å². The molecule has 0 spiro atoms. The number of hydrogen-bond donors (Lipinski definition) is 1. The first-order chi connectivity index (χ1) is 8.37. The van der Waals surface area contributed by atoms with Crippen LogP contribution in [0.1, 0.15) is 45.2 Å². The molecule has 3 nitrogen and oxygen atoms in total. The molecule has 18 heavy (non-hydrogen) atoms. The van der Waals surface area contributed by atoms with Gasteiger partial charge in [-0.05, 0) is 18.4 Å². The van der Waals surface area contributed by atoms with E-state index in [1.54, 1.807) is 0 Å². The second-order valence-electron chi connectivity index (χ2n) is 5.92. The Morgan fingerprint density at radius 3 is 2.44 bits per heavy atom. The fourth-order valence-corrected chi connectivity index (χ4v) is 3.04.